The summed E-state index contributed by atoms with van der Waals surface area (Å²) in [4.78, 5) is 20.7. The molecule has 3 aromatic rings. The van der Waals surface area contributed by atoms with Crippen molar-refractivity contribution >= 4 is 5.65 Å². The van der Waals surface area contributed by atoms with Crippen LogP contribution >= 0.6 is 0 Å². The highest BCUT2D eigenvalue weighted by Crippen LogP contribution is 2.68. The van der Waals surface area contributed by atoms with Crippen LogP contribution < -0.4 is 10.3 Å². The molecule has 2 aliphatic heterocycles. The summed E-state index contributed by atoms with van der Waals surface area (Å²) in [5, 5.41) is 26.3. The van der Waals surface area contributed by atoms with Crippen molar-refractivity contribution < 1.29 is 14.9 Å². The number of piperidine rings is 1. The Bertz CT molecular complexity index is 1390. The van der Waals surface area contributed by atoms with Crippen LogP contribution in [0.25, 0.3) is 5.65 Å². The van der Waals surface area contributed by atoms with Gasteiger partial charge in [0.25, 0.3) is 5.56 Å². The monoisotopic (exact) mass is 432 g/mol. The average molecular weight is 432 g/mol. The molecule has 8 rings (SSSR count). The number of aliphatic hydroxyl groups is 1. The number of fused-ring (bicyclic) bond motifs is 3. The third-order valence-corrected chi connectivity index (χ3v) is 8.88. The Hall–Kier alpha value is -2.84. The number of phenols is 1. The highest BCUT2D eigenvalue weighted by Gasteiger charge is 2.73. The molecule has 0 radical (unpaired) electrons. The fourth-order valence-electron chi connectivity index (χ4n) is 7.32. The normalized spacial score (nSPS) is 34.3. The van der Waals surface area contributed by atoms with Crippen LogP contribution in [0.2, 0.25) is 0 Å². The zero-order valence-electron chi connectivity index (χ0n) is 17.5. The highest BCUT2D eigenvalue weighted by molar-refractivity contribution is 5.64. The highest BCUT2D eigenvalue weighted by atomic mass is 16.5. The Kier molecular flexibility index (Phi) is 2.97. The first-order valence-corrected chi connectivity index (χ1v) is 11.6. The molecule has 2 fully saturated rings. The van der Waals surface area contributed by atoms with Crippen LogP contribution in [-0.4, -0.2) is 54.4 Å². The van der Waals surface area contributed by atoms with E-state index in [1.165, 1.54) is 17.4 Å². The zero-order valence-corrected chi connectivity index (χ0v) is 17.5. The molecule has 2 bridgehead atoms. The third kappa shape index (κ3) is 1.82. The van der Waals surface area contributed by atoms with Gasteiger partial charge in [-0.05, 0) is 49.8 Å². The Labute approximate surface area is 183 Å². The molecule has 5 aliphatic rings. The maximum Gasteiger partial charge on any atom is 0.276 e. The summed E-state index contributed by atoms with van der Waals surface area (Å²) in [5.41, 5.74) is 1.69. The molecular weight excluding hydrogens is 408 g/mol. The molecule has 0 unspecified atom stereocenters. The topological polar surface area (TPSA) is 103 Å². The molecular formula is C24H24N4O4. The predicted molar refractivity (Wildman–Crippen MR) is 114 cm³/mol. The number of hydrogen-bond donors (Lipinski definition) is 3. The minimum atomic E-state index is -1.16. The summed E-state index contributed by atoms with van der Waals surface area (Å²) < 4.78 is 7.90. The molecule has 8 heteroatoms. The molecule has 3 N–H and O–H groups in total. The van der Waals surface area contributed by atoms with Crippen LogP contribution in [0.15, 0.2) is 29.2 Å². The van der Waals surface area contributed by atoms with E-state index in [-0.39, 0.29) is 23.8 Å². The number of aromatic hydroxyl groups is 1. The summed E-state index contributed by atoms with van der Waals surface area (Å²) in [6.07, 6.45) is 5.28. The Balaban J connectivity index is 1.44. The molecule has 164 valence electrons. The van der Waals surface area contributed by atoms with Crippen molar-refractivity contribution in [3.8, 4) is 11.5 Å². The molecule has 8 nitrogen and oxygen atoms in total. The second-order valence-electron chi connectivity index (χ2n) is 10.4. The van der Waals surface area contributed by atoms with Crippen molar-refractivity contribution in [2.45, 2.75) is 55.3 Å². The van der Waals surface area contributed by atoms with Gasteiger partial charge in [-0.2, -0.15) is 0 Å². The number of nitrogens with one attached hydrogen (secondary N) is 1. The molecule has 0 amide bonds. The lowest BCUT2D eigenvalue weighted by atomic mass is 9.49. The first-order chi connectivity index (χ1) is 15.5. The van der Waals surface area contributed by atoms with Gasteiger partial charge >= 0.3 is 0 Å². The number of H-pyrrole nitrogens is 1. The number of rotatable bonds is 2. The Morgan fingerprint density at radius 2 is 2.16 bits per heavy atom. The van der Waals surface area contributed by atoms with E-state index in [1.807, 2.05) is 6.07 Å². The second kappa shape index (κ2) is 5.38. The minimum absolute atomic E-state index is 0.0923. The zero-order chi connectivity index (χ0) is 21.4. The van der Waals surface area contributed by atoms with Gasteiger partial charge in [0.05, 0.1) is 16.7 Å². The van der Waals surface area contributed by atoms with Crippen LogP contribution in [0.3, 0.4) is 0 Å². The summed E-state index contributed by atoms with van der Waals surface area (Å²) in [6.45, 7) is 1.87. The average Bonchev–Trinajstić information content (AvgIpc) is 3.32. The van der Waals surface area contributed by atoms with Crippen molar-refractivity contribution in [2.75, 3.05) is 13.1 Å². The first-order valence-electron chi connectivity index (χ1n) is 11.6. The molecule has 4 atom stereocenters. The van der Waals surface area contributed by atoms with Crippen LogP contribution in [0, 0.1) is 5.92 Å². The fourth-order valence-corrected chi connectivity index (χ4v) is 7.32. The minimum Gasteiger partial charge on any atom is -0.504 e. The van der Waals surface area contributed by atoms with E-state index in [4.69, 9.17) is 9.72 Å². The molecule has 1 aromatic carbocycles. The summed E-state index contributed by atoms with van der Waals surface area (Å²) in [7, 11) is 0. The number of benzene rings is 1. The van der Waals surface area contributed by atoms with Crippen LogP contribution in [-0.2, 0) is 18.3 Å². The lowest BCUT2D eigenvalue weighted by Gasteiger charge is -2.62. The lowest BCUT2D eigenvalue weighted by molar-refractivity contribution is -0.173. The van der Waals surface area contributed by atoms with E-state index in [9.17, 15) is 15.0 Å². The van der Waals surface area contributed by atoms with Gasteiger partial charge in [0.2, 0.25) is 0 Å². The molecule has 4 heterocycles. The quantitative estimate of drug-likeness (QED) is 0.566. The van der Waals surface area contributed by atoms with Gasteiger partial charge < -0.3 is 14.9 Å². The van der Waals surface area contributed by atoms with E-state index in [0.29, 0.717) is 41.4 Å². The van der Waals surface area contributed by atoms with Crippen molar-refractivity contribution in [2.24, 2.45) is 5.92 Å². The van der Waals surface area contributed by atoms with E-state index < -0.39 is 17.1 Å². The van der Waals surface area contributed by atoms with Crippen molar-refractivity contribution in [3.63, 3.8) is 0 Å². The van der Waals surface area contributed by atoms with E-state index in [2.05, 4.69) is 10.00 Å². The number of phenolic OH excluding ortho intramolecular Hbond substituents is 1. The SMILES string of the molecule is O=c1c2c(nc3cc[nH]n13)[C@@H]1Oc3c(O)ccc4c3[C@@]13CCN(CC1CC1)[C@@H](C4)[C@]3(O)C2. The number of likely N-dealkylation sites (tertiary alicyclic amines) is 1. The van der Waals surface area contributed by atoms with Gasteiger partial charge in [-0.3, -0.25) is 14.8 Å². The van der Waals surface area contributed by atoms with Gasteiger partial charge in [0.15, 0.2) is 23.3 Å². The summed E-state index contributed by atoms with van der Waals surface area (Å²) in [5.74, 6) is 1.26. The second-order valence-corrected chi connectivity index (χ2v) is 10.4. The van der Waals surface area contributed by atoms with Gasteiger partial charge in [-0.15, -0.1) is 0 Å². The van der Waals surface area contributed by atoms with Crippen LogP contribution in [0.5, 0.6) is 11.5 Å². The predicted octanol–water partition coefficient (Wildman–Crippen LogP) is 1.43. The van der Waals surface area contributed by atoms with Crippen LogP contribution in [0.4, 0.5) is 0 Å². The standard InChI is InChI=1S/C24H24N4O4/c29-15-4-3-13-9-16-24(31)10-14-19(26-17-5-7-25-28(17)22(14)30)21-23(24,18(13)20(15)32-21)6-8-27(16)11-12-1-2-12/h3-5,7,12,16,21,25,29,31H,1-2,6,8-11H2/t16-,21-,23-,24+/m0/s1. The molecule has 3 aliphatic carbocycles. The smallest absolute Gasteiger partial charge is 0.276 e. The molecule has 2 aromatic heterocycles. The molecule has 32 heavy (non-hydrogen) atoms. The molecule has 1 saturated heterocycles. The van der Waals surface area contributed by atoms with Gasteiger partial charge in [-0.25, -0.2) is 9.50 Å². The van der Waals surface area contributed by atoms with Gasteiger partial charge in [-0.1, -0.05) is 6.07 Å². The first kappa shape index (κ1) is 17.7. The number of aromatic nitrogens is 3. The molecule has 1 spiro atoms. The number of aromatic amines is 1. The van der Waals surface area contributed by atoms with E-state index >= 15 is 0 Å². The Morgan fingerprint density at radius 1 is 1.28 bits per heavy atom. The maximum absolute atomic E-state index is 13.4. The largest absolute Gasteiger partial charge is 0.504 e. The van der Waals surface area contributed by atoms with Crippen molar-refractivity contribution in [1.82, 2.24) is 19.5 Å². The summed E-state index contributed by atoms with van der Waals surface area (Å²) >= 11 is 0. The van der Waals surface area contributed by atoms with Crippen LogP contribution in [0.1, 0.15) is 47.8 Å². The number of ether oxygens (including phenoxy) is 1. The Morgan fingerprint density at radius 3 is 3.00 bits per heavy atom. The maximum atomic E-state index is 13.4. The van der Waals surface area contributed by atoms with E-state index in [1.54, 1.807) is 18.3 Å². The van der Waals surface area contributed by atoms with Gasteiger partial charge in [0, 0.05) is 42.4 Å². The lowest BCUT2D eigenvalue weighted by Crippen LogP contribution is -2.75. The third-order valence-electron chi connectivity index (χ3n) is 8.88. The molecule has 1 saturated carbocycles. The summed E-state index contributed by atoms with van der Waals surface area (Å²) in [6, 6.07) is 5.36. The van der Waals surface area contributed by atoms with Crippen molar-refractivity contribution in [3.05, 3.63) is 57.1 Å². The fraction of sp³-hybridized carbons (Fsp3) is 0.500. The number of hydrogen-bond acceptors (Lipinski definition) is 6. The van der Waals surface area contributed by atoms with Gasteiger partial charge in [0.1, 0.15) is 0 Å². The number of nitrogens with zero attached hydrogens (tertiary/aromatic N) is 3. The van der Waals surface area contributed by atoms with E-state index in [0.717, 1.165) is 24.2 Å². The van der Waals surface area contributed by atoms with Crippen molar-refractivity contribution in [1.29, 1.82) is 0 Å².